The SMILES string of the molecule is C=CC[C@H](CC(=O)N[C@H](CO)Cc1ccc(OCc2ccccc2)cc1)C(=O)NC[C@H](OC(=O)[C@@H](CC=C)NC(=O)OCc1ccccc1)c1ccccc1. The predicted molar refractivity (Wildman–Crippen MR) is 210 cm³/mol. The molecule has 0 aliphatic heterocycles. The number of amides is 3. The minimum atomic E-state index is -1.09. The van der Waals surface area contributed by atoms with E-state index in [1.54, 1.807) is 36.4 Å². The van der Waals surface area contributed by atoms with Gasteiger partial charge >= 0.3 is 12.1 Å². The quantitative estimate of drug-likeness (QED) is 0.0553. The van der Waals surface area contributed by atoms with Crippen LogP contribution in [-0.2, 0) is 43.5 Å². The van der Waals surface area contributed by atoms with E-state index < -0.39 is 48.0 Å². The van der Waals surface area contributed by atoms with E-state index in [2.05, 4.69) is 29.1 Å². The van der Waals surface area contributed by atoms with Crippen molar-refractivity contribution >= 4 is 23.9 Å². The first-order valence-corrected chi connectivity index (χ1v) is 18.2. The Balaban J connectivity index is 1.31. The summed E-state index contributed by atoms with van der Waals surface area (Å²) in [4.78, 5) is 52.5. The van der Waals surface area contributed by atoms with Crippen LogP contribution in [0.25, 0.3) is 0 Å². The number of carbonyl (C=O) groups excluding carboxylic acids is 4. The molecule has 4 N–H and O–H groups in total. The van der Waals surface area contributed by atoms with Crippen molar-refractivity contribution in [3.8, 4) is 5.75 Å². The standard InChI is InChI=1S/C44H49N3O8/c1-3-14-36(27-41(49)46-37(29-48)26-32-22-24-38(25-23-32)53-30-33-16-8-5-9-17-33)42(50)45-28-40(35-20-12-7-13-21-35)55-43(51)39(15-4-2)47-44(52)54-31-34-18-10-6-11-19-34/h3-13,16-25,36-37,39-40,48H,1-2,14-15,26-31H2,(H,45,50)(H,46,49)(H,47,52)/t36-,37+,39-,40+/m1/s1. The van der Waals surface area contributed by atoms with Gasteiger partial charge < -0.3 is 35.3 Å². The second kappa shape index (κ2) is 22.8. The fraction of sp³-hybridized carbons (Fsp3) is 0.273. The molecular formula is C44H49N3O8. The highest BCUT2D eigenvalue weighted by atomic mass is 16.6. The Morgan fingerprint density at radius 2 is 1.31 bits per heavy atom. The summed E-state index contributed by atoms with van der Waals surface area (Å²) < 4.78 is 17.0. The summed E-state index contributed by atoms with van der Waals surface area (Å²) in [5, 5.41) is 18.3. The summed E-state index contributed by atoms with van der Waals surface area (Å²) in [5.74, 6) is -1.67. The molecule has 3 amide bonds. The second-order valence-corrected chi connectivity index (χ2v) is 12.9. The van der Waals surface area contributed by atoms with Crippen LogP contribution in [0.2, 0.25) is 0 Å². The van der Waals surface area contributed by atoms with Crippen molar-refractivity contribution < 1.29 is 38.5 Å². The van der Waals surface area contributed by atoms with Crippen LogP contribution in [0, 0.1) is 5.92 Å². The number of benzene rings is 4. The maximum atomic E-state index is 13.5. The lowest BCUT2D eigenvalue weighted by Gasteiger charge is -2.24. The van der Waals surface area contributed by atoms with Crippen LogP contribution in [0.4, 0.5) is 4.79 Å². The molecule has 4 rings (SSSR count). The molecule has 0 saturated heterocycles. The Labute approximate surface area is 322 Å². The van der Waals surface area contributed by atoms with Crippen LogP contribution < -0.4 is 20.7 Å². The molecule has 0 aromatic heterocycles. The number of aliphatic hydroxyl groups is 1. The summed E-state index contributed by atoms with van der Waals surface area (Å²) in [6.45, 7) is 7.49. The lowest BCUT2D eigenvalue weighted by Crippen LogP contribution is -2.44. The van der Waals surface area contributed by atoms with Crippen molar-refractivity contribution in [1.29, 1.82) is 0 Å². The van der Waals surface area contributed by atoms with Crippen molar-refractivity contribution in [3.63, 3.8) is 0 Å². The van der Waals surface area contributed by atoms with E-state index in [0.717, 1.165) is 16.7 Å². The van der Waals surface area contributed by atoms with Crippen LogP contribution in [0.15, 0.2) is 141 Å². The van der Waals surface area contributed by atoms with Gasteiger partial charge in [-0.15, -0.1) is 13.2 Å². The Morgan fingerprint density at radius 1 is 0.709 bits per heavy atom. The Morgan fingerprint density at radius 3 is 1.91 bits per heavy atom. The summed E-state index contributed by atoms with van der Waals surface area (Å²) >= 11 is 0. The normalized spacial score (nSPS) is 12.8. The van der Waals surface area contributed by atoms with E-state index in [4.69, 9.17) is 14.2 Å². The summed E-state index contributed by atoms with van der Waals surface area (Å²) in [6.07, 6.45) is 1.82. The van der Waals surface area contributed by atoms with Crippen LogP contribution >= 0.6 is 0 Å². The largest absolute Gasteiger partial charge is 0.489 e. The van der Waals surface area contributed by atoms with Crippen molar-refractivity contribution in [2.24, 2.45) is 5.92 Å². The maximum Gasteiger partial charge on any atom is 0.408 e. The molecule has 0 heterocycles. The number of allylic oxidation sites excluding steroid dienone is 1. The van der Waals surface area contributed by atoms with E-state index in [0.29, 0.717) is 24.3 Å². The zero-order chi connectivity index (χ0) is 39.3. The molecule has 4 aromatic carbocycles. The molecule has 0 spiro atoms. The van der Waals surface area contributed by atoms with Gasteiger partial charge in [-0.1, -0.05) is 115 Å². The van der Waals surface area contributed by atoms with Crippen molar-refractivity contribution in [3.05, 3.63) is 163 Å². The highest BCUT2D eigenvalue weighted by Crippen LogP contribution is 2.20. The van der Waals surface area contributed by atoms with Gasteiger partial charge in [-0.3, -0.25) is 9.59 Å². The molecular weight excluding hydrogens is 698 g/mol. The number of hydrogen-bond acceptors (Lipinski definition) is 8. The number of hydrogen-bond donors (Lipinski definition) is 4. The first-order valence-electron chi connectivity index (χ1n) is 18.2. The molecule has 0 saturated carbocycles. The fourth-order valence-corrected chi connectivity index (χ4v) is 5.65. The van der Waals surface area contributed by atoms with E-state index >= 15 is 0 Å². The second-order valence-electron chi connectivity index (χ2n) is 12.9. The number of ether oxygens (including phenoxy) is 3. The average molecular weight is 748 g/mol. The third-order valence-corrected chi connectivity index (χ3v) is 8.58. The summed E-state index contributed by atoms with van der Waals surface area (Å²) in [6, 6.07) is 33.6. The molecule has 0 radical (unpaired) electrons. The van der Waals surface area contributed by atoms with E-state index in [1.807, 2.05) is 84.9 Å². The van der Waals surface area contributed by atoms with Gasteiger partial charge in [-0.25, -0.2) is 9.59 Å². The van der Waals surface area contributed by atoms with Gasteiger partial charge in [0.05, 0.1) is 25.1 Å². The van der Waals surface area contributed by atoms with Crippen LogP contribution in [0.1, 0.15) is 47.6 Å². The van der Waals surface area contributed by atoms with Gasteiger partial charge in [-0.05, 0) is 53.6 Å². The molecule has 0 fully saturated rings. The maximum absolute atomic E-state index is 13.5. The highest BCUT2D eigenvalue weighted by Gasteiger charge is 2.28. The zero-order valence-electron chi connectivity index (χ0n) is 30.8. The molecule has 11 heteroatoms. The number of rotatable bonds is 22. The topological polar surface area (TPSA) is 152 Å². The Hall–Kier alpha value is -6.20. The van der Waals surface area contributed by atoms with Gasteiger partial charge in [0, 0.05) is 6.42 Å². The molecule has 0 unspecified atom stereocenters. The molecule has 4 atom stereocenters. The van der Waals surface area contributed by atoms with Crippen LogP contribution in [-0.4, -0.2) is 54.2 Å². The molecule has 0 bridgehead atoms. The van der Waals surface area contributed by atoms with E-state index in [1.165, 1.54) is 6.08 Å². The monoisotopic (exact) mass is 747 g/mol. The molecule has 11 nitrogen and oxygen atoms in total. The molecule has 0 aliphatic rings. The highest BCUT2D eigenvalue weighted by molar-refractivity contribution is 5.86. The molecule has 0 aliphatic carbocycles. The third-order valence-electron chi connectivity index (χ3n) is 8.58. The van der Waals surface area contributed by atoms with E-state index in [-0.39, 0.29) is 39.0 Å². The Kier molecular flexibility index (Phi) is 17.2. The number of aliphatic hydroxyl groups excluding tert-OH is 1. The van der Waals surface area contributed by atoms with Gasteiger partial charge in [0.25, 0.3) is 0 Å². The Bertz CT molecular complexity index is 1800. The van der Waals surface area contributed by atoms with Gasteiger partial charge in [0.15, 0.2) is 0 Å². The first kappa shape index (κ1) is 41.6. The predicted octanol–water partition coefficient (Wildman–Crippen LogP) is 6.14. The average Bonchev–Trinajstić information content (AvgIpc) is 3.21. The lowest BCUT2D eigenvalue weighted by molar-refractivity contribution is -0.152. The lowest BCUT2D eigenvalue weighted by atomic mass is 9.98. The number of nitrogens with one attached hydrogen (secondary N) is 3. The number of carbonyl (C=O) groups is 4. The number of esters is 1. The van der Waals surface area contributed by atoms with Crippen LogP contribution in [0.5, 0.6) is 5.75 Å². The third kappa shape index (κ3) is 14.6. The summed E-state index contributed by atoms with van der Waals surface area (Å²) in [7, 11) is 0. The van der Waals surface area contributed by atoms with Crippen molar-refractivity contribution in [1.82, 2.24) is 16.0 Å². The van der Waals surface area contributed by atoms with Crippen molar-refractivity contribution in [2.45, 2.75) is 57.1 Å². The molecule has 4 aromatic rings. The fourth-order valence-electron chi connectivity index (χ4n) is 5.65. The smallest absolute Gasteiger partial charge is 0.408 e. The molecule has 55 heavy (non-hydrogen) atoms. The zero-order valence-corrected chi connectivity index (χ0v) is 30.8. The van der Waals surface area contributed by atoms with Crippen LogP contribution in [0.3, 0.4) is 0 Å². The summed E-state index contributed by atoms with van der Waals surface area (Å²) in [5.41, 5.74) is 3.34. The first-order chi connectivity index (χ1) is 26.8. The molecule has 288 valence electrons. The number of alkyl carbamates (subject to hydrolysis) is 1. The minimum absolute atomic E-state index is 0.0191. The van der Waals surface area contributed by atoms with Crippen molar-refractivity contribution in [2.75, 3.05) is 13.2 Å². The van der Waals surface area contributed by atoms with Gasteiger partial charge in [-0.2, -0.15) is 0 Å². The van der Waals surface area contributed by atoms with Gasteiger partial charge in [0.1, 0.15) is 31.1 Å². The van der Waals surface area contributed by atoms with Gasteiger partial charge in [0.2, 0.25) is 11.8 Å². The minimum Gasteiger partial charge on any atom is -0.489 e. The van der Waals surface area contributed by atoms with E-state index in [9.17, 15) is 24.3 Å².